The molecule has 1 aromatic carbocycles. The van der Waals surface area contributed by atoms with Crippen LogP contribution in [-0.2, 0) is 10.0 Å². The number of benzene rings is 1. The Morgan fingerprint density at radius 1 is 1.22 bits per heavy atom. The second kappa shape index (κ2) is 4.99. The smallest absolute Gasteiger partial charge is 0.243 e. The molecule has 1 unspecified atom stereocenters. The molecule has 1 atom stereocenters. The van der Waals surface area contributed by atoms with Crippen LogP contribution in [-0.4, -0.2) is 31.9 Å². The van der Waals surface area contributed by atoms with E-state index in [2.05, 4.69) is 0 Å². The molecule has 18 heavy (non-hydrogen) atoms. The normalized spacial score (nSPS) is 22.1. The van der Waals surface area contributed by atoms with Crippen LogP contribution < -0.4 is 5.73 Å². The highest BCUT2D eigenvalue weighted by molar-refractivity contribution is 7.89. The minimum atomic E-state index is -3.39. The van der Waals surface area contributed by atoms with Crippen molar-refractivity contribution in [3.63, 3.8) is 0 Å². The maximum atomic E-state index is 12.5. The van der Waals surface area contributed by atoms with E-state index in [1.54, 1.807) is 12.1 Å². The molecule has 5 heteroatoms. The molecule has 0 radical (unpaired) electrons. The summed E-state index contributed by atoms with van der Waals surface area (Å²) >= 11 is 0. The Bertz CT molecular complexity index is 520. The molecule has 1 aliphatic heterocycles. The first-order valence-corrected chi connectivity index (χ1v) is 7.67. The highest BCUT2D eigenvalue weighted by Crippen LogP contribution is 2.22. The van der Waals surface area contributed by atoms with Gasteiger partial charge in [0.05, 0.1) is 4.90 Å². The second-order valence-corrected chi connectivity index (χ2v) is 7.03. The van der Waals surface area contributed by atoms with E-state index in [0.717, 1.165) is 24.0 Å². The lowest BCUT2D eigenvalue weighted by atomic mass is 10.1. The van der Waals surface area contributed by atoms with Gasteiger partial charge in [-0.25, -0.2) is 8.42 Å². The fourth-order valence-corrected chi connectivity index (χ4v) is 4.15. The molecule has 1 aliphatic rings. The molecule has 2 N–H and O–H groups in total. The zero-order valence-electron chi connectivity index (χ0n) is 10.9. The average molecular weight is 268 g/mol. The molecule has 0 bridgehead atoms. The topological polar surface area (TPSA) is 63.4 Å². The molecule has 0 spiro atoms. The third-order valence-corrected chi connectivity index (χ3v) is 5.10. The first-order valence-electron chi connectivity index (χ1n) is 6.23. The quantitative estimate of drug-likeness (QED) is 0.882. The van der Waals surface area contributed by atoms with Gasteiger partial charge in [-0.1, -0.05) is 6.07 Å². The van der Waals surface area contributed by atoms with E-state index in [4.69, 9.17) is 5.73 Å². The summed E-state index contributed by atoms with van der Waals surface area (Å²) in [7, 11) is -3.39. The van der Waals surface area contributed by atoms with E-state index in [1.165, 1.54) is 4.31 Å². The molecule has 1 saturated heterocycles. The number of nitrogens with two attached hydrogens (primary N) is 1. The molecular weight excluding hydrogens is 248 g/mol. The van der Waals surface area contributed by atoms with Crippen molar-refractivity contribution in [3.8, 4) is 0 Å². The molecule has 0 aliphatic carbocycles. The van der Waals surface area contributed by atoms with Gasteiger partial charge in [-0.3, -0.25) is 0 Å². The van der Waals surface area contributed by atoms with E-state index in [1.807, 2.05) is 19.9 Å². The third-order valence-electron chi connectivity index (χ3n) is 3.25. The van der Waals surface area contributed by atoms with E-state index in [0.29, 0.717) is 18.0 Å². The maximum absolute atomic E-state index is 12.5. The van der Waals surface area contributed by atoms with Crippen LogP contribution in [0.4, 0.5) is 0 Å². The van der Waals surface area contributed by atoms with E-state index in [-0.39, 0.29) is 6.04 Å². The van der Waals surface area contributed by atoms with Crippen LogP contribution in [0.1, 0.15) is 24.0 Å². The summed E-state index contributed by atoms with van der Waals surface area (Å²) in [5.41, 5.74) is 7.79. The number of hydrogen-bond acceptors (Lipinski definition) is 3. The zero-order chi connectivity index (χ0) is 13.3. The second-order valence-electron chi connectivity index (χ2n) is 5.09. The van der Waals surface area contributed by atoms with Crippen molar-refractivity contribution >= 4 is 10.0 Å². The molecule has 2 rings (SSSR count). The number of aryl methyl sites for hydroxylation is 2. The Labute approximate surface area is 109 Å². The van der Waals surface area contributed by atoms with Crippen molar-refractivity contribution in [1.29, 1.82) is 0 Å². The summed E-state index contributed by atoms with van der Waals surface area (Å²) in [5.74, 6) is 0. The third kappa shape index (κ3) is 2.74. The number of piperidine rings is 1. The SMILES string of the molecule is Cc1cc(C)cc(S(=O)(=O)N2CCCC(N)C2)c1. The van der Waals surface area contributed by atoms with Gasteiger partial charge in [-0.2, -0.15) is 4.31 Å². The van der Waals surface area contributed by atoms with Gasteiger partial charge >= 0.3 is 0 Å². The molecule has 0 aromatic heterocycles. The predicted molar refractivity (Wildman–Crippen MR) is 71.9 cm³/mol. The zero-order valence-corrected chi connectivity index (χ0v) is 11.7. The van der Waals surface area contributed by atoms with Crippen molar-refractivity contribution in [2.75, 3.05) is 13.1 Å². The van der Waals surface area contributed by atoms with Crippen molar-refractivity contribution in [2.24, 2.45) is 5.73 Å². The van der Waals surface area contributed by atoms with Crippen LogP contribution in [0.5, 0.6) is 0 Å². The van der Waals surface area contributed by atoms with E-state index in [9.17, 15) is 8.42 Å². The average Bonchev–Trinajstić information content (AvgIpc) is 2.27. The van der Waals surface area contributed by atoms with Gasteiger partial charge in [0.2, 0.25) is 10.0 Å². The lowest BCUT2D eigenvalue weighted by Crippen LogP contribution is -2.45. The summed E-state index contributed by atoms with van der Waals surface area (Å²) in [6.07, 6.45) is 1.74. The highest BCUT2D eigenvalue weighted by atomic mass is 32.2. The van der Waals surface area contributed by atoms with Crippen molar-refractivity contribution in [2.45, 2.75) is 37.6 Å². The lowest BCUT2D eigenvalue weighted by molar-refractivity contribution is 0.316. The number of hydrogen-bond donors (Lipinski definition) is 1. The monoisotopic (exact) mass is 268 g/mol. The Kier molecular flexibility index (Phi) is 3.75. The number of nitrogens with zero attached hydrogens (tertiary/aromatic N) is 1. The maximum Gasteiger partial charge on any atom is 0.243 e. The van der Waals surface area contributed by atoms with Gasteiger partial charge in [-0.05, 0) is 49.9 Å². The van der Waals surface area contributed by atoms with Crippen LogP contribution in [0.25, 0.3) is 0 Å². The largest absolute Gasteiger partial charge is 0.327 e. The number of sulfonamides is 1. The molecule has 1 aromatic rings. The Morgan fingerprint density at radius 2 is 1.83 bits per heavy atom. The van der Waals surface area contributed by atoms with Gasteiger partial charge in [0.15, 0.2) is 0 Å². The Morgan fingerprint density at radius 3 is 2.39 bits per heavy atom. The first-order chi connectivity index (χ1) is 8.39. The minimum Gasteiger partial charge on any atom is -0.327 e. The predicted octanol–water partition coefficient (Wildman–Crippen LogP) is 1.42. The van der Waals surface area contributed by atoms with Crippen LogP contribution in [0.15, 0.2) is 23.1 Å². The van der Waals surface area contributed by atoms with Gasteiger partial charge < -0.3 is 5.73 Å². The molecule has 0 amide bonds. The van der Waals surface area contributed by atoms with Crippen LogP contribution in [0.2, 0.25) is 0 Å². The van der Waals surface area contributed by atoms with Crippen LogP contribution in [0.3, 0.4) is 0 Å². The number of rotatable bonds is 2. The summed E-state index contributed by atoms with van der Waals surface area (Å²) in [4.78, 5) is 0.383. The fourth-order valence-electron chi connectivity index (χ4n) is 2.42. The van der Waals surface area contributed by atoms with E-state index < -0.39 is 10.0 Å². The van der Waals surface area contributed by atoms with Gasteiger partial charge in [0.25, 0.3) is 0 Å². The van der Waals surface area contributed by atoms with Crippen molar-refractivity contribution < 1.29 is 8.42 Å². The molecule has 100 valence electrons. The molecular formula is C13H20N2O2S. The van der Waals surface area contributed by atoms with Crippen LogP contribution in [0, 0.1) is 13.8 Å². The minimum absolute atomic E-state index is 0.0422. The fraction of sp³-hybridized carbons (Fsp3) is 0.538. The summed E-state index contributed by atoms with van der Waals surface area (Å²) in [6.45, 7) is 4.82. The summed E-state index contributed by atoms with van der Waals surface area (Å²) in [5, 5.41) is 0. The molecule has 1 fully saturated rings. The molecule has 1 heterocycles. The van der Waals surface area contributed by atoms with E-state index >= 15 is 0 Å². The lowest BCUT2D eigenvalue weighted by Gasteiger charge is -2.30. The van der Waals surface area contributed by atoms with Crippen LogP contribution >= 0.6 is 0 Å². The summed E-state index contributed by atoms with van der Waals surface area (Å²) in [6, 6.07) is 5.38. The first kappa shape index (κ1) is 13.5. The van der Waals surface area contributed by atoms with Crippen molar-refractivity contribution in [3.05, 3.63) is 29.3 Å². The molecule has 4 nitrogen and oxygen atoms in total. The molecule has 0 saturated carbocycles. The Balaban J connectivity index is 2.35. The summed E-state index contributed by atoms with van der Waals surface area (Å²) < 4.78 is 26.5. The van der Waals surface area contributed by atoms with Gasteiger partial charge in [-0.15, -0.1) is 0 Å². The van der Waals surface area contributed by atoms with Gasteiger partial charge in [0, 0.05) is 19.1 Å². The van der Waals surface area contributed by atoms with Gasteiger partial charge in [0.1, 0.15) is 0 Å². The standard InChI is InChI=1S/C13H20N2O2S/c1-10-6-11(2)8-13(7-10)18(16,17)15-5-3-4-12(14)9-15/h6-8,12H,3-5,9,14H2,1-2H3. The Hall–Kier alpha value is -0.910. The van der Waals surface area contributed by atoms with Crippen molar-refractivity contribution in [1.82, 2.24) is 4.31 Å². The highest BCUT2D eigenvalue weighted by Gasteiger charge is 2.28.